The van der Waals surface area contributed by atoms with Crippen molar-refractivity contribution in [1.82, 2.24) is 5.43 Å². The molecular formula is C16H12BrN3O. The number of amides is 1. The Balaban J connectivity index is 1.72. The van der Waals surface area contributed by atoms with Crippen molar-refractivity contribution in [3.8, 4) is 0 Å². The first-order valence-electron chi connectivity index (χ1n) is 6.70. The normalized spacial score (nSPS) is 22.7. The number of hydrazone groups is 1. The summed E-state index contributed by atoms with van der Waals surface area (Å²) in [5.74, 6) is -0.0421. The van der Waals surface area contributed by atoms with E-state index in [1.54, 1.807) is 0 Å². The second-order valence-corrected chi connectivity index (χ2v) is 6.17. The van der Waals surface area contributed by atoms with E-state index >= 15 is 0 Å². The molecule has 1 spiro atoms. The van der Waals surface area contributed by atoms with Crippen molar-refractivity contribution in [2.75, 3.05) is 5.32 Å². The topological polar surface area (TPSA) is 53.5 Å². The molecule has 21 heavy (non-hydrogen) atoms. The van der Waals surface area contributed by atoms with E-state index in [0.717, 1.165) is 27.0 Å². The Labute approximate surface area is 130 Å². The average Bonchev–Trinajstić information content (AvgIpc) is 3.05. The third-order valence-electron chi connectivity index (χ3n) is 4.01. The number of halogens is 1. The summed E-state index contributed by atoms with van der Waals surface area (Å²) in [6, 6.07) is 15.7. The number of fused-ring (bicyclic) bond motifs is 2. The molecular weight excluding hydrogens is 330 g/mol. The van der Waals surface area contributed by atoms with Crippen molar-refractivity contribution in [3.05, 3.63) is 64.1 Å². The summed E-state index contributed by atoms with van der Waals surface area (Å²) in [5, 5.41) is 7.34. The maximum absolute atomic E-state index is 12.4. The molecule has 1 amide bonds. The second-order valence-electron chi connectivity index (χ2n) is 5.26. The maximum Gasteiger partial charge on any atom is 0.256 e. The predicted octanol–water partition coefficient (Wildman–Crippen LogP) is 2.99. The minimum absolute atomic E-state index is 0.0421. The third-order valence-corrected chi connectivity index (χ3v) is 4.54. The van der Waals surface area contributed by atoms with Crippen LogP contribution in [0.1, 0.15) is 17.5 Å². The van der Waals surface area contributed by atoms with Crippen molar-refractivity contribution in [1.29, 1.82) is 0 Å². The fourth-order valence-electron chi connectivity index (χ4n) is 2.90. The van der Waals surface area contributed by atoms with Crippen LogP contribution >= 0.6 is 15.9 Å². The molecule has 2 N–H and O–H groups in total. The SMILES string of the molecule is O=C1Nc2ccccc2[C@@]12CC(c1ccc(Br)cc1)=NN2. The number of hydrogen-bond acceptors (Lipinski definition) is 3. The van der Waals surface area contributed by atoms with Crippen molar-refractivity contribution in [2.45, 2.75) is 12.0 Å². The summed E-state index contributed by atoms with van der Waals surface area (Å²) < 4.78 is 1.02. The molecule has 4 nitrogen and oxygen atoms in total. The fourth-order valence-corrected chi connectivity index (χ4v) is 3.17. The molecule has 4 rings (SSSR count). The van der Waals surface area contributed by atoms with E-state index in [1.165, 1.54) is 0 Å². The number of nitrogens with zero attached hydrogens (tertiary/aromatic N) is 1. The number of hydrogen-bond donors (Lipinski definition) is 2. The smallest absolute Gasteiger partial charge is 0.256 e. The van der Waals surface area contributed by atoms with E-state index in [-0.39, 0.29) is 5.91 Å². The van der Waals surface area contributed by atoms with Gasteiger partial charge in [0.05, 0.1) is 5.71 Å². The molecule has 104 valence electrons. The quantitative estimate of drug-likeness (QED) is 0.837. The van der Waals surface area contributed by atoms with Crippen LogP contribution < -0.4 is 10.7 Å². The zero-order chi connectivity index (χ0) is 14.4. The second kappa shape index (κ2) is 4.43. The first kappa shape index (κ1) is 12.6. The van der Waals surface area contributed by atoms with Gasteiger partial charge < -0.3 is 5.32 Å². The summed E-state index contributed by atoms with van der Waals surface area (Å²) in [4.78, 5) is 12.4. The lowest BCUT2D eigenvalue weighted by molar-refractivity contribution is -0.121. The molecule has 0 radical (unpaired) electrons. The van der Waals surface area contributed by atoms with Gasteiger partial charge in [-0.2, -0.15) is 5.10 Å². The molecule has 0 saturated heterocycles. The van der Waals surface area contributed by atoms with Crippen LogP contribution in [-0.4, -0.2) is 11.6 Å². The molecule has 2 aromatic carbocycles. The van der Waals surface area contributed by atoms with Gasteiger partial charge in [0.15, 0.2) is 5.54 Å². The summed E-state index contributed by atoms with van der Waals surface area (Å²) in [6.45, 7) is 0. The van der Waals surface area contributed by atoms with Crippen molar-refractivity contribution >= 4 is 33.2 Å². The lowest BCUT2D eigenvalue weighted by atomic mass is 9.86. The Morgan fingerprint density at radius 1 is 1.10 bits per heavy atom. The molecule has 2 aromatic rings. The molecule has 0 saturated carbocycles. The molecule has 0 aromatic heterocycles. The number of anilines is 1. The van der Waals surface area contributed by atoms with Crippen LogP contribution in [0.3, 0.4) is 0 Å². The zero-order valence-electron chi connectivity index (χ0n) is 11.1. The highest BCUT2D eigenvalue weighted by Gasteiger charge is 2.50. The maximum atomic E-state index is 12.4. The number of nitrogens with one attached hydrogen (secondary N) is 2. The van der Waals surface area contributed by atoms with Gasteiger partial charge in [0.1, 0.15) is 0 Å². The van der Waals surface area contributed by atoms with Crippen LogP contribution in [0.25, 0.3) is 0 Å². The molecule has 0 unspecified atom stereocenters. The standard InChI is InChI=1S/C16H12BrN3O/c17-11-7-5-10(6-8-11)14-9-16(20-19-14)12-3-1-2-4-13(12)18-15(16)21/h1-8,20H,9H2,(H,18,21)/t16-/m0/s1. The van der Waals surface area contributed by atoms with E-state index in [2.05, 4.69) is 31.8 Å². The van der Waals surface area contributed by atoms with Crippen molar-refractivity contribution < 1.29 is 4.79 Å². The summed E-state index contributed by atoms with van der Waals surface area (Å²) >= 11 is 3.43. The first-order chi connectivity index (χ1) is 10.2. The van der Waals surface area contributed by atoms with Gasteiger partial charge in [-0.15, -0.1) is 0 Å². The van der Waals surface area contributed by atoms with E-state index in [0.29, 0.717) is 6.42 Å². The first-order valence-corrected chi connectivity index (χ1v) is 7.49. The molecule has 0 bridgehead atoms. The zero-order valence-corrected chi connectivity index (χ0v) is 12.6. The van der Waals surface area contributed by atoms with Crippen LogP contribution in [0.5, 0.6) is 0 Å². The monoisotopic (exact) mass is 341 g/mol. The molecule has 5 heteroatoms. The minimum atomic E-state index is -0.765. The van der Waals surface area contributed by atoms with Gasteiger partial charge in [0.25, 0.3) is 5.91 Å². The molecule has 1 atom stereocenters. The lowest BCUT2D eigenvalue weighted by Crippen LogP contribution is -2.42. The molecule has 2 aliphatic heterocycles. The Kier molecular flexibility index (Phi) is 2.65. The van der Waals surface area contributed by atoms with E-state index in [1.807, 2.05) is 48.5 Å². The van der Waals surface area contributed by atoms with E-state index in [4.69, 9.17) is 0 Å². The predicted molar refractivity (Wildman–Crippen MR) is 85.2 cm³/mol. The van der Waals surface area contributed by atoms with Crippen molar-refractivity contribution in [2.24, 2.45) is 5.10 Å². The highest BCUT2D eigenvalue weighted by atomic mass is 79.9. The lowest BCUT2D eigenvalue weighted by Gasteiger charge is -2.20. The van der Waals surface area contributed by atoms with Gasteiger partial charge in [-0.05, 0) is 23.8 Å². The van der Waals surface area contributed by atoms with Crippen molar-refractivity contribution in [3.63, 3.8) is 0 Å². The van der Waals surface area contributed by atoms with Gasteiger partial charge in [-0.1, -0.05) is 46.3 Å². The average molecular weight is 342 g/mol. The number of carbonyl (C=O) groups excluding carboxylic acids is 1. The minimum Gasteiger partial charge on any atom is -0.323 e. The Hall–Kier alpha value is -2.14. The number of carbonyl (C=O) groups is 1. The largest absolute Gasteiger partial charge is 0.323 e. The van der Waals surface area contributed by atoms with E-state index < -0.39 is 5.54 Å². The van der Waals surface area contributed by atoms with Gasteiger partial charge in [0, 0.05) is 22.1 Å². The summed E-state index contributed by atoms with van der Waals surface area (Å²) in [7, 11) is 0. The Morgan fingerprint density at radius 2 is 1.86 bits per heavy atom. The Morgan fingerprint density at radius 3 is 2.67 bits per heavy atom. The van der Waals surface area contributed by atoms with Crippen LogP contribution in [0.4, 0.5) is 5.69 Å². The number of benzene rings is 2. The third kappa shape index (κ3) is 1.81. The number of rotatable bonds is 1. The van der Waals surface area contributed by atoms with Gasteiger partial charge >= 0.3 is 0 Å². The van der Waals surface area contributed by atoms with Gasteiger partial charge in [-0.3, -0.25) is 10.2 Å². The Bertz CT molecular complexity index is 769. The number of para-hydroxylation sites is 1. The van der Waals surface area contributed by atoms with Crippen LogP contribution in [0, 0.1) is 0 Å². The van der Waals surface area contributed by atoms with Gasteiger partial charge in [-0.25, -0.2) is 0 Å². The molecule has 2 heterocycles. The highest BCUT2D eigenvalue weighted by molar-refractivity contribution is 9.10. The van der Waals surface area contributed by atoms with Gasteiger partial charge in [0.2, 0.25) is 0 Å². The van der Waals surface area contributed by atoms with E-state index in [9.17, 15) is 4.79 Å². The molecule has 2 aliphatic rings. The summed E-state index contributed by atoms with van der Waals surface area (Å²) in [6.07, 6.45) is 0.553. The van der Waals surface area contributed by atoms with Crippen LogP contribution in [-0.2, 0) is 10.3 Å². The highest BCUT2D eigenvalue weighted by Crippen LogP contribution is 2.41. The molecule has 0 fully saturated rings. The summed E-state index contributed by atoms with van der Waals surface area (Å²) in [5.41, 5.74) is 6.05. The molecule has 0 aliphatic carbocycles. The fraction of sp³-hybridized carbons (Fsp3) is 0.125. The van der Waals surface area contributed by atoms with Crippen LogP contribution in [0.2, 0.25) is 0 Å². The van der Waals surface area contributed by atoms with Crippen LogP contribution in [0.15, 0.2) is 58.1 Å².